The van der Waals surface area contributed by atoms with E-state index in [0.717, 1.165) is 0 Å². The van der Waals surface area contributed by atoms with Crippen LogP contribution in [0, 0.1) is 10.1 Å². The Kier molecular flexibility index (Phi) is 5.08. The average Bonchev–Trinajstić information content (AvgIpc) is 2.68. The van der Waals surface area contributed by atoms with Crippen LogP contribution in [0.2, 0.25) is 0 Å². The third-order valence-electron chi connectivity index (χ3n) is 3.98. The zero-order valence-corrected chi connectivity index (χ0v) is 14.2. The van der Waals surface area contributed by atoms with E-state index >= 15 is 0 Å². The van der Waals surface area contributed by atoms with Crippen LogP contribution in [0.4, 0.5) is 5.69 Å². The van der Waals surface area contributed by atoms with Gasteiger partial charge in [0.2, 0.25) is 0 Å². The van der Waals surface area contributed by atoms with Gasteiger partial charge in [0.05, 0.1) is 11.5 Å². The number of carbonyl (C=O) groups is 1. The molecule has 0 aromatic heterocycles. The Bertz CT molecular complexity index is 951. The first-order valence-corrected chi connectivity index (χ1v) is 8.22. The highest BCUT2D eigenvalue weighted by molar-refractivity contribution is 6.12. The lowest BCUT2D eigenvalue weighted by Crippen LogP contribution is -2.03. The highest BCUT2D eigenvalue weighted by Gasteiger charge is 2.19. The molecule has 0 aliphatic heterocycles. The Balaban J connectivity index is 2.10. The van der Waals surface area contributed by atoms with E-state index in [2.05, 4.69) is 0 Å². The summed E-state index contributed by atoms with van der Waals surface area (Å²) in [4.78, 5) is 23.6. The van der Waals surface area contributed by atoms with Crippen molar-refractivity contribution >= 4 is 11.5 Å². The Morgan fingerprint density at radius 1 is 1.00 bits per heavy atom. The smallest absolute Gasteiger partial charge is 0.310 e. The molecule has 3 aromatic carbocycles. The van der Waals surface area contributed by atoms with Crippen molar-refractivity contribution in [2.75, 3.05) is 6.61 Å². The van der Waals surface area contributed by atoms with Gasteiger partial charge in [-0.15, -0.1) is 0 Å². The first-order valence-electron chi connectivity index (χ1n) is 8.22. The number of nitro groups is 1. The molecule has 5 heteroatoms. The number of ether oxygens (including phenoxy) is 1. The van der Waals surface area contributed by atoms with Crippen LogP contribution in [0.1, 0.15) is 22.8 Å². The van der Waals surface area contributed by atoms with E-state index in [1.807, 2.05) is 30.3 Å². The number of nitro benzene ring substituents is 1. The van der Waals surface area contributed by atoms with Gasteiger partial charge < -0.3 is 4.74 Å². The molecular weight excluding hydrogens is 330 g/mol. The van der Waals surface area contributed by atoms with Gasteiger partial charge in [0.1, 0.15) is 0 Å². The summed E-state index contributed by atoms with van der Waals surface area (Å²) in [6.45, 7) is 2.08. The van der Waals surface area contributed by atoms with Crippen molar-refractivity contribution in [3.8, 4) is 16.9 Å². The first kappa shape index (κ1) is 17.4. The maximum atomic E-state index is 12.9. The summed E-state index contributed by atoms with van der Waals surface area (Å²) < 4.78 is 5.42. The van der Waals surface area contributed by atoms with Crippen LogP contribution in [0.5, 0.6) is 5.75 Å². The lowest BCUT2D eigenvalue weighted by Gasteiger charge is -2.11. The molecular formula is C21H17NO4. The van der Waals surface area contributed by atoms with Crippen LogP contribution in [0.25, 0.3) is 11.1 Å². The fourth-order valence-electron chi connectivity index (χ4n) is 2.78. The van der Waals surface area contributed by atoms with Crippen molar-refractivity contribution in [3.05, 3.63) is 94.0 Å². The average molecular weight is 347 g/mol. The zero-order valence-electron chi connectivity index (χ0n) is 14.2. The molecule has 0 aliphatic rings. The molecule has 0 N–H and O–H groups in total. The molecule has 3 aromatic rings. The van der Waals surface area contributed by atoms with Gasteiger partial charge in [0.25, 0.3) is 0 Å². The van der Waals surface area contributed by atoms with Gasteiger partial charge in [-0.3, -0.25) is 14.9 Å². The van der Waals surface area contributed by atoms with Crippen molar-refractivity contribution in [2.24, 2.45) is 0 Å². The van der Waals surface area contributed by atoms with Crippen LogP contribution >= 0.6 is 0 Å². The van der Waals surface area contributed by atoms with E-state index < -0.39 is 4.92 Å². The Morgan fingerprint density at radius 3 is 2.38 bits per heavy atom. The van der Waals surface area contributed by atoms with Crippen LogP contribution in [-0.2, 0) is 0 Å². The lowest BCUT2D eigenvalue weighted by molar-refractivity contribution is -0.385. The largest absolute Gasteiger partial charge is 0.487 e. The van der Waals surface area contributed by atoms with E-state index in [9.17, 15) is 14.9 Å². The predicted octanol–water partition coefficient (Wildman–Crippen LogP) is 4.89. The number of rotatable bonds is 6. The third kappa shape index (κ3) is 3.47. The fourth-order valence-corrected chi connectivity index (χ4v) is 2.78. The van der Waals surface area contributed by atoms with Gasteiger partial charge in [-0.25, -0.2) is 0 Å². The number of hydrogen-bond donors (Lipinski definition) is 0. The van der Waals surface area contributed by atoms with E-state index in [4.69, 9.17) is 4.74 Å². The van der Waals surface area contributed by atoms with Crippen molar-refractivity contribution < 1.29 is 14.5 Å². The summed E-state index contributed by atoms with van der Waals surface area (Å²) in [5.41, 5.74) is 2.43. The van der Waals surface area contributed by atoms with Crippen LogP contribution < -0.4 is 4.74 Å². The Hall–Kier alpha value is -3.47. The van der Waals surface area contributed by atoms with Crippen LogP contribution in [-0.4, -0.2) is 17.3 Å². The summed E-state index contributed by atoms with van der Waals surface area (Å²) in [5, 5.41) is 11.2. The van der Waals surface area contributed by atoms with Gasteiger partial charge in [-0.05, 0) is 30.2 Å². The summed E-state index contributed by atoms with van der Waals surface area (Å²) in [5.74, 6) is 0.0921. The Morgan fingerprint density at radius 2 is 1.69 bits per heavy atom. The molecule has 0 radical (unpaired) electrons. The molecule has 0 saturated carbocycles. The topological polar surface area (TPSA) is 69.4 Å². The van der Waals surface area contributed by atoms with Crippen LogP contribution in [0.15, 0.2) is 72.8 Å². The maximum Gasteiger partial charge on any atom is 0.310 e. The second-order valence-corrected chi connectivity index (χ2v) is 5.61. The first-order chi connectivity index (χ1) is 12.6. The zero-order chi connectivity index (χ0) is 18.5. The normalized spacial score (nSPS) is 10.3. The van der Waals surface area contributed by atoms with Crippen molar-refractivity contribution in [1.29, 1.82) is 0 Å². The van der Waals surface area contributed by atoms with Crippen molar-refractivity contribution in [3.63, 3.8) is 0 Å². The number of ketones is 1. The summed E-state index contributed by atoms with van der Waals surface area (Å²) >= 11 is 0. The highest BCUT2D eigenvalue weighted by Crippen LogP contribution is 2.34. The SMILES string of the molecule is CCOc1cc(-c2ccccc2C(=O)c2ccccc2)ccc1[N+](=O)[O-]. The summed E-state index contributed by atoms with van der Waals surface area (Å²) in [7, 11) is 0. The molecule has 0 saturated heterocycles. The predicted molar refractivity (Wildman–Crippen MR) is 99.6 cm³/mol. The molecule has 5 nitrogen and oxygen atoms in total. The Labute approximate surface area is 151 Å². The minimum absolute atomic E-state index is 0.0949. The van der Waals surface area contributed by atoms with Gasteiger partial charge >= 0.3 is 5.69 Å². The number of hydrogen-bond acceptors (Lipinski definition) is 4. The van der Waals surface area contributed by atoms with Crippen molar-refractivity contribution in [1.82, 2.24) is 0 Å². The molecule has 0 fully saturated rings. The molecule has 0 bridgehead atoms. The van der Waals surface area contributed by atoms with Crippen molar-refractivity contribution in [2.45, 2.75) is 6.92 Å². The monoisotopic (exact) mass is 347 g/mol. The van der Waals surface area contributed by atoms with E-state index in [1.54, 1.807) is 43.3 Å². The summed E-state index contributed by atoms with van der Waals surface area (Å²) in [6, 6.07) is 20.9. The van der Waals surface area contributed by atoms with E-state index in [-0.39, 0.29) is 17.2 Å². The molecule has 0 heterocycles. The molecule has 0 unspecified atom stereocenters. The quantitative estimate of drug-likeness (QED) is 0.361. The van der Waals surface area contributed by atoms with Gasteiger partial charge in [0, 0.05) is 17.2 Å². The van der Waals surface area contributed by atoms with Gasteiger partial charge in [-0.2, -0.15) is 0 Å². The fraction of sp³-hybridized carbons (Fsp3) is 0.0952. The lowest BCUT2D eigenvalue weighted by atomic mass is 9.93. The minimum Gasteiger partial charge on any atom is -0.487 e. The molecule has 0 atom stereocenters. The molecule has 130 valence electrons. The van der Waals surface area contributed by atoms with Gasteiger partial charge in [-0.1, -0.05) is 54.6 Å². The third-order valence-corrected chi connectivity index (χ3v) is 3.98. The van der Waals surface area contributed by atoms with E-state index in [0.29, 0.717) is 28.9 Å². The maximum absolute atomic E-state index is 12.9. The molecule has 0 spiro atoms. The highest BCUT2D eigenvalue weighted by atomic mass is 16.6. The number of benzene rings is 3. The molecule has 0 amide bonds. The molecule has 26 heavy (non-hydrogen) atoms. The summed E-state index contributed by atoms with van der Waals surface area (Å²) in [6.07, 6.45) is 0. The second-order valence-electron chi connectivity index (χ2n) is 5.61. The number of nitrogens with zero attached hydrogens (tertiary/aromatic N) is 1. The minimum atomic E-state index is -0.476. The number of carbonyl (C=O) groups excluding carboxylic acids is 1. The molecule has 3 rings (SSSR count). The molecule has 0 aliphatic carbocycles. The second kappa shape index (κ2) is 7.61. The van der Waals surface area contributed by atoms with Gasteiger partial charge in [0.15, 0.2) is 11.5 Å². The standard InChI is InChI=1S/C21H17NO4/c1-2-26-20-14-16(12-13-19(20)22(24)25)17-10-6-7-11-18(17)21(23)15-8-4-3-5-9-15/h3-14H,2H2,1H3. The van der Waals surface area contributed by atoms with E-state index in [1.165, 1.54) is 6.07 Å². The van der Waals surface area contributed by atoms with Crippen LogP contribution in [0.3, 0.4) is 0 Å².